The molecule has 0 spiro atoms. The van der Waals surface area contributed by atoms with Gasteiger partial charge in [-0.2, -0.15) is 0 Å². The van der Waals surface area contributed by atoms with Crippen LogP contribution in [0.15, 0.2) is 12.2 Å². The number of carbonyl (C=O) groups is 3. The second-order valence-electron chi connectivity index (χ2n) is 15.3. The molecule has 0 aliphatic heterocycles. The van der Waals surface area contributed by atoms with Gasteiger partial charge in [0.05, 0.1) is 0 Å². The van der Waals surface area contributed by atoms with E-state index in [9.17, 15) is 14.4 Å². The fourth-order valence-corrected chi connectivity index (χ4v) is 6.55. The fourth-order valence-electron chi connectivity index (χ4n) is 6.55. The van der Waals surface area contributed by atoms with Crippen LogP contribution in [0, 0.1) is 0 Å². The van der Waals surface area contributed by atoms with E-state index in [2.05, 4.69) is 32.9 Å². The van der Waals surface area contributed by atoms with Gasteiger partial charge in [-0.25, -0.2) is 0 Å². The molecule has 6 heteroatoms. The molecule has 0 aromatic carbocycles. The molecule has 0 amide bonds. The van der Waals surface area contributed by atoms with Crippen molar-refractivity contribution in [2.75, 3.05) is 13.2 Å². The molecule has 0 aliphatic carbocycles. The summed E-state index contributed by atoms with van der Waals surface area (Å²) in [6, 6.07) is 0. The van der Waals surface area contributed by atoms with Crippen LogP contribution in [0.3, 0.4) is 0 Å². The Bertz CT molecular complexity index is 809. The summed E-state index contributed by atoms with van der Waals surface area (Å²) in [6.45, 7) is 6.60. The number of allylic oxidation sites excluding steroid dienone is 2. The van der Waals surface area contributed by atoms with Crippen LogP contribution < -0.4 is 0 Å². The number of hydrogen-bond acceptors (Lipinski definition) is 6. The maximum Gasteiger partial charge on any atom is 0.306 e. The van der Waals surface area contributed by atoms with Crippen LogP contribution in [0.25, 0.3) is 0 Å². The number of carbonyl (C=O) groups excluding carboxylic acids is 3. The Hall–Kier alpha value is -1.85. The van der Waals surface area contributed by atoms with Crippen molar-refractivity contribution in [3.05, 3.63) is 12.2 Å². The average Bonchev–Trinajstić information content (AvgIpc) is 3.14. The van der Waals surface area contributed by atoms with Crippen molar-refractivity contribution in [2.45, 2.75) is 252 Å². The maximum absolute atomic E-state index is 12.7. The van der Waals surface area contributed by atoms with Gasteiger partial charge >= 0.3 is 17.9 Å². The summed E-state index contributed by atoms with van der Waals surface area (Å²) in [6.07, 6.45) is 43.3. The van der Waals surface area contributed by atoms with Crippen LogP contribution in [-0.2, 0) is 28.6 Å². The maximum atomic E-state index is 12.7. The first-order valence-electron chi connectivity index (χ1n) is 22.7. The van der Waals surface area contributed by atoms with Gasteiger partial charge in [-0.05, 0) is 44.9 Å². The molecule has 306 valence electrons. The molecule has 1 atom stereocenters. The molecule has 0 saturated heterocycles. The van der Waals surface area contributed by atoms with Crippen LogP contribution >= 0.6 is 0 Å². The summed E-state index contributed by atoms with van der Waals surface area (Å²) < 4.78 is 16.7. The van der Waals surface area contributed by atoms with Crippen LogP contribution in [0.5, 0.6) is 0 Å². The molecule has 0 saturated carbocycles. The highest BCUT2D eigenvalue weighted by atomic mass is 16.6. The van der Waals surface area contributed by atoms with Crippen molar-refractivity contribution in [1.29, 1.82) is 0 Å². The lowest BCUT2D eigenvalue weighted by Crippen LogP contribution is -2.30. The number of ether oxygens (including phenoxy) is 3. The van der Waals surface area contributed by atoms with E-state index in [1.54, 1.807) is 0 Å². The Morgan fingerprint density at radius 2 is 0.635 bits per heavy atom. The van der Waals surface area contributed by atoms with Gasteiger partial charge in [0.25, 0.3) is 0 Å². The van der Waals surface area contributed by atoms with Crippen molar-refractivity contribution in [2.24, 2.45) is 0 Å². The zero-order chi connectivity index (χ0) is 38.0. The minimum Gasteiger partial charge on any atom is -0.462 e. The third-order valence-electron chi connectivity index (χ3n) is 10.0. The molecule has 0 bridgehead atoms. The molecular weight excluding hydrogens is 648 g/mol. The molecule has 0 fully saturated rings. The molecule has 0 aliphatic rings. The van der Waals surface area contributed by atoms with Gasteiger partial charge in [-0.15, -0.1) is 0 Å². The molecule has 1 unspecified atom stereocenters. The zero-order valence-corrected chi connectivity index (χ0v) is 34.8. The molecule has 0 heterocycles. The topological polar surface area (TPSA) is 78.9 Å². The van der Waals surface area contributed by atoms with Crippen LogP contribution in [0.1, 0.15) is 245 Å². The first kappa shape index (κ1) is 50.1. The quantitative estimate of drug-likeness (QED) is 0.0269. The van der Waals surface area contributed by atoms with E-state index >= 15 is 0 Å². The largest absolute Gasteiger partial charge is 0.462 e. The Morgan fingerprint density at radius 1 is 0.365 bits per heavy atom. The standard InChI is InChI=1S/C46H86O6/c1-4-7-10-13-16-19-21-23-25-27-30-33-36-39-45(48)51-42-43(41-50-44(47)38-35-32-29-26-18-15-12-9-6-3)52-46(49)40-37-34-31-28-24-22-20-17-14-11-8-5-2/h19,21,43H,4-18,20,22-42H2,1-3H3/b21-19-. The first-order chi connectivity index (χ1) is 25.5. The summed E-state index contributed by atoms with van der Waals surface area (Å²) >= 11 is 0. The zero-order valence-electron chi connectivity index (χ0n) is 34.8. The number of rotatable bonds is 41. The summed E-state index contributed by atoms with van der Waals surface area (Å²) in [4.78, 5) is 37.6. The summed E-state index contributed by atoms with van der Waals surface area (Å²) in [5, 5.41) is 0. The monoisotopic (exact) mass is 735 g/mol. The summed E-state index contributed by atoms with van der Waals surface area (Å²) in [5.41, 5.74) is 0. The van der Waals surface area contributed by atoms with Gasteiger partial charge < -0.3 is 14.2 Å². The van der Waals surface area contributed by atoms with Crippen molar-refractivity contribution < 1.29 is 28.6 Å². The van der Waals surface area contributed by atoms with Gasteiger partial charge in [-0.1, -0.05) is 193 Å². The second-order valence-corrected chi connectivity index (χ2v) is 15.3. The van der Waals surface area contributed by atoms with Crippen molar-refractivity contribution in [3.8, 4) is 0 Å². The van der Waals surface area contributed by atoms with E-state index in [0.29, 0.717) is 19.3 Å². The molecule has 6 nitrogen and oxygen atoms in total. The van der Waals surface area contributed by atoms with Gasteiger partial charge in [0, 0.05) is 19.3 Å². The molecular formula is C46H86O6. The molecule has 0 rings (SSSR count). The van der Waals surface area contributed by atoms with E-state index in [0.717, 1.165) is 64.2 Å². The van der Waals surface area contributed by atoms with Gasteiger partial charge in [-0.3, -0.25) is 14.4 Å². The number of unbranched alkanes of at least 4 members (excludes halogenated alkanes) is 28. The van der Waals surface area contributed by atoms with Gasteiger partial charge in [0.1, 0.15) is 13.2 Å². The molecule has 52 heavy (non-hydrogen) atoms. The third kappa shape index (κ3) is 39.4. The molecule has 0 aromatic heterocycles. The minimum absolute atomic E-state index is 0.0685. The van der Waals surface area contributed by atoms with E-state index in [-0.39, 0.29) is 31.1 Å². The second kappa shape index (κ2) is 41.9. The van der Waals surface area contributed by atoms with Crippen LogP contribution in [0.4, 0.5) is 0 Å². The third-order valence-corrected chi connectivity index (χ3v) is 10.0. The Morgan fingerprint density at radius 3 is 0.981 bits per heavy atom. The lowest BCUT2D eigenvalue weighted by molar-refractivity contribution is -0.167. The van der Waals surface area contributed by atoms with Crippen LogP contribution in [0.2, 0.25) is 0 Å². The predicted octanol–water partition coefficient (Wildman–Crippen LogP) is 14.3. The minimum atomic E-state index is -0.763. The molecule has 0 aromatic rings. The van der Waals surface area contributed by atoms with Gasteiger partial charge in [0.2, 0.25) is 0 Å². The smallest absolute Gasteiger partial charge is 0.306 e. The number of hydrogen-bond donors (Lipinski definition) is 0. The Balaban J connectivity index is 4.34. The summed E-state index contributed by atoms with van der Waals surface area (Å²) in [7, 11) is 0. The van der Waals surface area contributed by atoms with Gasteiger partial charge in [0.15, 0.2) is 6.10 Å². The van der Waals surface area contributed by atoms with Crippen LogP contribution in [-0.4, -0.2) is 37.2 Å². The molecule has 0 radical (unpaired) electrons. The summed E-state index contributed by atoms with van der Waals surface area (Å²) in [5.74, 6) is -0.873. The fraction of sp³-hybridized carbons (Fsp3) is 0.891. The Kier molecular flexibility index (Phi) is 40.4. The lowest BCUT2D eigenvalue weighted by atomic mass is 10.0. The highest BCUT2D eigenvalue weighted by molar-refractivity contribution is 5.71. The van der Waals surface area contributed by atoms with Crippen molar-refractivity contribution in [3.63, 3.8) is 0 Å². The lowest BCUT2D eigenvalue weighted by Gasteiger charge is -2.18. The predicted molar refractivity (Wildman–Crippen MR) is 220 cm³/mol. The first-order valence-corrected chi connectivity index (χ1v) is 22.7. The Labute approximate surface area is 322 Å². The van der Waals surface area contributed by atoms with E-state index in [4.69, 9.17) is 14.2 Å². The average molecular weight is 735 g/mol. The SMILES string of the molecule is CCCCCC/C=C\CCCCCCCC(=O)OCC(COC(=O)CCCCCCCCCCC)OC(=O)CCCCCCCCCCCCCC. The van der Waals surface area contributed by atoms with Crippen molar-refractivity contribution >= 4 is 17.9 Å². The van der Waals surface area contributed by atoms with E-state index in [1.165, 1.54) is 141 Å². The highest BCUT2D eigenvalue weighted by Crippen LogP contribution is 2.15. The highest BCUT2D eigenvalue weighted by Gasteiger charge is 2.19. The van der Waals surface area contributed by atoms with Crippen molar-refractivity contribution in [1.82, 2.24) is 0 Å². The number of esters is 3. The van der Waals surface area contributed by atoms with E-state index < -0.39 is 6.10 Å². The van der Waals surface area contributed by atoms with E-state index in [1.807, 2.05) is 0 Å². The molecule has 0 N–H and O–H groups in total. The normalized spacial score (nSPS) is 12.0.